The van der Waals surface area contributed by atoms with Crippen molar-refractivity contribution in [3.63, 3.8) is 0 Å². The van der Waals surface area contributed by atoms with Gasteiger partial charge in [0.1, 0.15) is 23.2 Å². The van der Waals surface area contributed by atoms with E-state index in [1.807, 2.05) is 26.1 Å². The van der Waals surface area contributed by atoms with E-state index in [2.05, 4.69) is 37.7 Å². The topological polar surface area (TPSA) is 88.1 Å². The Bertz CT molecular complexity index is 1320. The Morgan fingerprint density at radius 2 is 2.06 bits per heavy atom. The number of anilines is 1. The zero-order valence-corrected chi connectivity index (χ0v) is 19.4. The zero-order valence-electron chi connectivity index (χ0n) is 17.9. The van der Waals surface area contributed by atoms with Gasteiger partial charge < -0.3 is 19.8 Å². The minimum atomic E-state index is -0.598. The number of benzene rings is 1. The lowest BCUT2D eigenvalue weighted by molar-refractivity contribution is -0.160. The summed E-state index contributed by atoms with van der Waals surface area (Å²) in [6.07, 6.45) is 6.51. The Morgan fingerprint density at radius 1 is 1.22 bits per heavy atom. The lowest BCUT2D eigenvalue weighted by Gasteiger charge is -2.24. The molecule has 2 aliphatic rings. The summed E-state index contributed by atoms with van der Waals surface area (Å²) in [5.41, 5.74) is 8.95. The normalized spacial score (nSPS) is 26.8. The Kier molecular flexibility index (Phi) is 4.69. The van der Waals surface area contributed by atoms with Gasteiger partial charge >= 0.3 is 0 Å². The highest BCUT2D eigenvalue weighted by Gasteiger charge is 2.54. The smallest absolute Gasteiger partial charge is 0.181 e. The lowest BCUT2D eigenvalue weighted by Crippen LogP contribution is -2.27. The van der Waals surface area contributed by atoms with Crippen molar-refractivity contribution in [2.24, 2.45) is 5.92 Å². The minimum absolute atomic E-state index is 0.0276. The molecule has 2 fully saturated rings. The number of hydrogen-bond acceptors (Lipinski definition) is 7. The van der Waals surface area contributed by atoms with Gasteiger partial charge in [0.15, 0.2) is 10.9 Å². The molecule has 0 amide bonds. The van der Waals surface area contributed by atoms with Crippen LogP contribution < -0.4 is 5.73 Å². The Morgan fingerprint density at radius 3 is 2.94 bits per heavy atom. The second-order valence-corrected chi connectivity index (χ2v) is 10.6. The number of hydrogen-bond donors (Lipinski definition) is 1. The van der Waals surface area contributed by atoms with Gasteiger partial charge in [0.2, 0.25) is 0 Å². The van der Waals surface area contributed by atoms with Gasteiger partial charge in [-0.1, -0.05) is 29.0 Å². The van der Waals surface area contributed by atoms with Gasteiger partial charge in [0.25, 0.3) is 0 Å². The number of aryl methyl sites for hydroxylation is 1. The van der Waals surface area contributed by atoms with Crippen LogP contribution >= 0.6 is 22.9 Å². The van der Waals surface area contributed by atoms with Crippen molar-refractivity contribution in [3.8, 4) is 0 Å². The van der Waals surface area contributed by atoms with Crippen LogP contribution in [-0.4, -0.2) is 37.5 Å². The first-order valence-corrected chi connectivity index (χ1v) is 12.0. The zero-order chi connectivity index (χ0) is 22.0. The molecule has 1 aliphatic heterocycles. The van der Waals surface area contributed by atoms with E-state index in [0.29, 0.717) is 16.2 Å². The Hall–Kier alpha value is -2.26. The van der Waals surface area contributed by atoms with Crippen molar-refractivity contribution < 1.29 is 9.47 Å². The first-order chi connectivity index (χ1) is 15.4. The number of nitrogen functional groups attached to an aromatic ring is 1. The summed E-state index contributed by atoms with van der Waals surface area (Å²) in [5.74, 6) is -0.225. The van der Waals surface area contributed by atoms with Crippen LogP contribution in [0.2, 0.25) is 5.15 Å². The molecule has 4 aromatic rings. The highest BCUT2D eigenvalue weighted by atomic mass is 35.5. The van der Waals surface area contributed by atoms with Crippen LogP contribution in [0.25, 0.3) is 21.3 Å². The molecule has 32 heavy (non-hydrogen) atoms. The quantitative estimate of drug-likeness (QED) is 0.423. The molecule has 0 bridgehead atoms. The molecule has 2 N–H and O–H groups in total. The maximum atomic E-state index is 6.39. The third kappa shape index (κ3) is 3.37. The standard InChI is InChI=1S/C23H24ClN5O2S/c1-23(2)30-18-13(5-3-12-4-6-17-15(9-12)28-22(25)32-17)10-16(19(18)31-23)29-8-7-14-20(24)26-11-27-21(14)29/h4,6-9,11,13,16,18-19H,3,5,10H2,1-2H3,(H2,25,28)/t13?,16?,18-,19+/m1/s1. The van der Waals surface area contributed by atoms with E-state index < -0.39 is 5.79 Å². The van der Waals surface area contributed by atoms with Crippen LogP contribution in [0.1, 0.15) is 38.3 Å². The van der Waals surface area contributed by atoms with Gasteiger partial charge in [-0.3, -0.25) is 0 Å². The molecule has 1 saturated carbocycles. The molecule has 4 atom stereocenters. The monoisotopic (exact) mass is 469 g/mol. The van der Waals surface area contributed by atoms with E-state index in [9.17, 15) is 0 Å². The number of thiazole rings is 1. The van der Waals surface area contributed by atoms with Crippen LogP contribution in [-0.2, 0) is 15.9 Å². The van der Waals surface area contributed by atoms with E-state index in [4.69, 9.17) is 26.8 Å². The fourth-order valence-electron chi connectivity index (χ4n) is 5.32. The lowest BCUT2D eigenvalue weighted by atomic mass is 9.96. The fourth-order valence-corrected chi connectivity index (χ4v) is 6.22. The third-order valence-electron chi connectivity index (χ3n) is 6.64. The second-order valence-electron chi connectivity index (χ2n) is 9.15. The molecule has 3 aromatic heterocycles. The van der Waals surface area contributed by atoms with Crippen molar-refractivity contribution in [1.29, 1.82) is 0 Å². The van der Waals surface area contributed by atoms with E-state index in [0.717, 1.165) is 40.5 Å². The number of fused-ring (bicyclic) bond motifs is 3. The largest absolute Gasteiger partial charge is 0.375 e. The van der Waals surface area contributed by atoms with Gasteiger partial charge in [-0.25, -0.2) is 15.0 Å². The number of aromatic nitrogens is 4. The maximum Gasteiger partial charge on any atom is 0.181 e. The van der Waals surface area contributed by atoms with Gasteiger partial charge in [-0.05, 0) is 62.8 Å². The van der Waals surface area contributed by atoms with E-state index in [-0.39, 0.29) is 18.2 Å². The predicted octanol–water partition coefficient (Wildman–Crippen LogP) is 4.99. The molecule has 0 spiro atoms. The molecule has 6 rings (SSSR count). The molecule has 166 valence electrons. The third-order valence-corrected chi connectivity index (χ3v) is 7.81. The Labute approximate surface area is 194 Å². The summed E-state index contributed by atoms with van der Waals surface area (Å²) < 4.78 is 16.1. The van der Waals surface area contributed by atoms with Crippen LogP contribution in [0.15, 0.2) is 36.8 Å². The van der Waals surface area contributed by atoms with Gasteiger partial charge in [0, 0.05) is 6.20 Å². The van der Waals surface area contributed by atoms with Crippen molar-refractivity contribution in [3.05, 3.63) is 47.5 Å². The number of nitrogens with zero attached hydrogens (tertiary/aromatic N) is 4. The van der Waals surface area contributed by atoms with Crippen LogP contribution in [0.5, 0.6) is 0 Å². The van der Waals surface area contributed by atoms with E-state index >= 15 is 0 Å². The van der Waals surface area contributed by atoms with E-state index in [1.54, 1.807) is 0 Å². The van der Waals surface area contributed by atoms with Gasteiger partial charge in [-0.15, -0.1) is 0 Å². The summed E-state index contributed by atoms with van der Waals surface area (Å²) in [5, 5.41) is 1.95. The molecule has 4 heterocycles. The molecule has 7 nitrogen and oxygen atoms in total. The summed E-state index contributed by atoms with van der Waals surface area (Å²) in [4.78, 5) is 13.0. The maximum absolute atomic E-state index is 6.39. The average Bonchev–Trinajstić information content (AvgIpc) is 3.47. The first-order valence-electron chi connectivity index (χ1n) is 10.9. The van der Waals surface area contributed by atoms with Crippen molar-refractivity contribution in [2.45, 2.75) is 57.1 Å². The highest BCUT2D eigenvalue weighted by molar-refractivity contribution is 7.22. The molecule has 1 aromatic carbocycles. The van der Waals surface area contributed by atoms with Gasteiger partial charge in [0.05, 0.1) is 27.7 Å². The van der Waals surface area contributed by atoms with Crippen molar-refractivity contribution >= 4 is 49.3 Å². The molecule has 1 aliphatic carbocycles. The van der Waals surface area contributed by atoms with Crippen molar-refractivity contribution in [2.75, 3.05) is 5.73 Å². The van der Waals surface area contributed by atoms with Crippen LogP contribution in [0, 0.1) is 5.92 Å². The average molecular weight is 470 g/mol. The highest BCUT2D eigenvalue weighted by Crippen LogP contribution is 2.49. The SMILES string of the molecule is CC1(C)O[C@@H]2C(CCc3ccc4sc(N)nc4c3)CC(n3ccc4c(Cl)ncnc43)[C@@H]2O1. The summed E-state index contributed by atoms with van der Waals surface area (Å²) in [7, 11) is 0. The number of halogens is 1. The molecule has 9 heteroatoms. The molecule has 0 radical (unpaired) electrons. The number of ether oxygens (including phenoxy) is 2. The first kappa shape index (κ1) is 20.4. The minimum Gasteiger partial charge on any atom is -0.375 e. The predicted molar refractivity (Wildman–Crippen MR) is 126 cm³/mol. The fraction of sp³-hybridized carbons (Fsp3) is 0.435. The number of rotatable bonds is 4. The Balaban J connectivity index is 1.27. The summed E-state index contributed by atoms with van der Waals surface area (Å²) in [6, 6.07) is 8.57. The molecule has 2 unspecified atom stereocenters. The molecular formula is C23H24ClN5O2S. The summed E-state index contributed by atoms with van der Waals surface area (Å²) >= 11 is 7.82. The van der Waals surface area contributed by atoms with Crippen LogP contribution in [0.4, 0.5) is 5.13 Å². The van der Waals surface area contributed by atoms with E-state index in [1.165, 1.54) is 23.2 Å². The molecular weight excluding hydrogens is 446 g/mol. The molecule has 1 saturated heterocycles. The second kappa shape index (κ2) is 7.38. The summed E-state index contributed by atoms with van der Waals surface area (Å²) in [6.45, 7) is 3.99. The van der Waals surface area contributed by atoms with Gasteiger partial charge in [-0.2, -0.15) is 0 Å². The number of nitrogens with two attached hydrogens (primary N) is 1. The van der Waals surface area contributed by atoms with Crippen LogP contribution in [0.3, 0.4) is 0 Å². The van der Waals surface area contributed by atoms with Crippen molar-refractivity contribution in [1.82, 2.24) is 19.5 Å².